The van der Waals surface area contributed by atoms with Crippen molar-refractivity contribution in [2.45, 2.75) is 13.5 Å². The summed E-state index contributed by atoms with van der Waals surface area (Å²) in [6.45, 7) is 1.39. The van der Waals surface area contributed by atoms with Crippen LogP contribution in [0.1, 0.15) is 11.4 Å². The number of nitro groups is 1. The summed E-state index contributed by atoms with van der Waals surface area (Å²) in [6, 6.07) is 4.18. The Hall–Kier alpha value is -2.28. The Morgan fingerprint density at radius 3 is 2.75 bits per heavy atom. The Labute approximate surface area is 117 Å². The van der Waals surface area contributed by atoms with Crippen LogP contribution in [0.4, 0.5) is 10.1 Å². The summed E-state index contributed by atoms with van der Waals surface area (Å²) in [6.07, 6.45) is 0. The average Bonchev–Trinajstić information content (AvgIpc) is 2.33. The molecule has 0 radical (unpaired) electrons. The van der Waals surface area contributed by atoms with Crippen LogP contribution in [0.2, 0.25) is 5.15 Å². The number of aryl methyl sites for hydroxylation is 1. The molecule has 6 nitrogen and oxygen atoms in total. The van der Waals surface area contributed by atoms with Crippen LogP contribution in [0.3, 0.4) is 0 Å². The molecule has 0 bridgehead atoms. The average molecular weight is 298 g/mol. The summed E-state index contributed by atoms with van der Waals surface area (Å²) in [4.78, 5) is 26.0. The van der Waals surface area contributed by atoms with Gasteiger partial charge in [-0.25, -0.2) is 9.37 Å². The maximum Gasteiger partial charge on any atom is 0.274 e. The fourth-order valence-electron chi connectivity index (χ4n) is 1.81. The molecule has 2 rings (SSSR count). The van der Waals surface area contributed by atoms with E-state index in [9.17, 15) is 19.3 Å². The number of nitrogens with zero attached hydrogens (tertiary/aromatic N) is 3. The largest absolute Gasteiger partial charge is 0.292 e. The second-order valence-corrected chi connectivity index (χ2v) is 4.47. The van der Waals surface area contributed by atoms with Gasteiger partial charge < -0.3 is 0 Å². The second-order valence-electron chi connectivity index (χ2n) is 4.08. The summed E-state index contributed by atoms with van der Waals surface area (Å²) < 4.78 is 14.4. The molecule has 0 aliphatic rings. The summed E-state index contributed by atoms with van der Waals surface area (Å²) in [5, 5.41) is 10.9. The summed E-state index contributed by atoms with van der Waals surface area (Å²) >= 11 is 5.64. The van der Waals surface area contributed by atoms with E-state index in [0.717, 1.165) is 24.3 Å². The zero-order chi connectivity index (χ0) is 14.9. The van der Waals surface area contributed by atoms with E-state index in [2.05, 4.69) is 4.98 Å². The molecule has 2 aromatic rings. The van der Waals surface area contributed by atoms with Crippen molar-refractivity contribution in [1.82, 2.24) is 9.55 Å². The molecule has 0 aliphatic heterocycles. The highest BCUT2D eigenvalue weighted by Gasteiger charge is 2.16. The number of benzene rings is 1. The summed E-state index contributed by atoms with van der Waals surface area (Å²) in [7, 11) is 0. The summed E-state index contributed by atoms with van der Waals surface area (Å²) in [5.74, 6) is -0.320. The summed E-state index contributed by atoms with van der Waals surface area (Å²) in [5.41, 5.74) is -0.627. The lowest BCUT2D eigenvalue weighted by Gasteiger charge is -2.09. The van der Waals surface area contributed by atoms with Crippen molar-refractivity contribution >= 4 is 17.3 Å². The Morgan fingerprint density at radius 1 is 1.45 bits per heavy atom. The van der Waals surface area contributed by atoms with Crippen LogP contribution < -0.4 is 5.56 Å². The molecule has 104 valence electrons. The molecule has 0 saturated heterocycles. The second kappa shape index (κ2) is 5.38. The fraction of sp³-hybridized carbons (Fsp3) is 0.167. The molecule has 1 aromatic carbocycles. The third-order valence-electron chi connectivity index (χ3n) is 2.73. The molecule has 0 aliphatic carbocycles. The van der Waals surface area contributed by atoms with Crippen LogP contribution in [0.15, 0.2) is 29.1 Å². The highest BCUT2D eigenvalue weighted by Crippen LogP contribution is 2.20. The Morgan fingerprint density at radius 2 is 2.15 bits per heavy atom. The van der Waals surface area contributed by atoms with Gasteiger partial charge in [-0.3, -0.25) is 19.5 Å². The van der Waals surface area contributed by atoms with E-state index in [4.69, 9.17) is 11.6 Å². The number of rotatable bonds is 3. The molecule has 1 heterocycles. The molecule has 1 aromatic heterocycles. The maximum absolute atomic E-state index is 13.2. The minimum atomic E-state index is -0.626. The van der Waals surface area contributed by atoms with Crippen LogP contribution in [-0.4, -0.2) is 14.5 Å². The van der Waals surface area contributed by atoms with Crippen molar-refractivity contribution in [3.63, 3.8) is 0 Å². The van der Waals surface area contributed by atoms with Gasteiger partial charge in [-0.2, -0.15) is 0 Å². The molecule has 0 atom stereocenters. The van der Waals surface area contributed by atoms with Gasteiger partial charge in [0.1, 0.15) is 16.8 Å². The number of hydrogen-bond acceptors (Lipinski definition) is 4. The Balaban J connectivity index is 2.53. The van der Waals surface area contributed by atoms with Crippen LogP contribution in [0.5, 0.6) is 0 Å². The van der Waals surface area contributed by atoms with Crippen LogP contribution >= 0.6 is 11.6 Å². The first-order chi connectivity index (χ1) is 9.38. The van der Waals surface area contributed by atoms with Crippen LogP contribution in [0.25, 0.3) is 0 Å². The normalized spacial score (nSPS) is 10.6. The van der Waals surface area contributed by atoms with Gasteiger partial charge in [0.2, 0.25) is 0 Å². The monoisotopic (exact) mass is 297 g/mol. The van der Waals surface area contributed by atoms with Crippen LogP contribution in [0, 0.1) is 22.9 Å². The Bertz CT molecular complexity index is 745. The first-order valence-corrected chi connectivity index (χ1v) is 5.93. The van der Waals surface area contributed by atoms with Crippen molar-refractivity contribution in [2.75, 3.05) is 0 Å². The van der Waals surface area contributed by atoms with Gasteiger partial charge in [-0.15, -0.1) is 0 Å². The third-order valence-corrected chi connectivity index (χ3v) is 2.93. The van der Waals surface area contributed by atoms with E-state index in [0.29, 0.717) is 5.82 Å². The number of hydrogen-bond donors (Lipinski definition) is 0. The highest BCUT2D eigenvalue weighted by atomic mass is 35.5. The van der Waals surface area contributed by atoms with Crippen molar-refractivity contribution < 1.29 is 9.31 Å². The lowest BCUT2D eigenvalue weighted by molar-refractivity contribution is -0.385. The highest BCUT2D eigenvalue weighted by molar-refractivity contribution is 6.29. The number of nitro benzene ring substituents is 1. The van der Waals surface area contributed by atoms with E-state index < -0.39 is 16.3 Å². The molecule has 8 heteroatoms. The maximum atomic E-state index is 13.2. The SMILES string of the molecule is Cc1nc(Cl)cc(=O)n1Cc1cc(F)ccc1[N+](=O)[O-]. The van der Waals surface area contributed by atoms with E-state index in [1.165, 1.54) is 4.57 Å². The molecule has 20 heavy (non-hydrogen) atoms. The van der Waals surface area contributed by atoms with Crippen molar-refractivity contribution in [1.29, 1.82) is 0 Å². The van der Waals surface area contributed by atoms with Gasteiger partial charge >= 0.3 is 0 Å². The first kappa shape index (κ1) is 14.1. The Kier molecular flexibility index (Phi) is 3.80. The molecule has 0 amide bonds. The van der Waals surface area contributed by atoms with Gasteiger partial charge in [0.25, 0.3) is 11.2 Å². The quantitative estimate of drug-likeness (QED) is 0.495. The zero-order valence-corrected chi connectivity index (χ0v) is 11.1. The minimum Gasteiger partial charge on any atom is -0.292 e. The standard InChI is InChI=1S/C12H9ClFN3O3/c1-7-15-11(13)5-12(18)16(7)6-8-4-9(14)2-3-10(8)17(19)20/h2-5H,6H2,1H3. The van der Waals surface area contributed by atoms with Crippen LogP contribution in [-0.2, 0) is 6.54 Å². The molecular weight excluding hydrogens is 289 g/mol. The van der Waals surface area contributed by atoms with Gasteiger partial charge in [0.05, 0.1) is 17.0 Å². The number of aromatic nitrogens is 2. The van der Waals surface area contributed by atoms with Crippen molar-refractivity contribution in [2.24, 2.45) is 0 Å². The van der Waals surface area contributed by atoms with Gasteiger partial charge in [-0.05, 0) is 19.1 Å². The van der Waals surface area contributed by atoms with Crippen molar-refractivity contribution in [3.05, 3.63) is 67.1 Å². The first-order valence-electron chi connectivity index (χ1n) is 5.55. The molecule has 0 spiro atoms. The zero-order valence-electron chi connectivity index (χ0n) is 10.3. The molecule has 0 unspecified atom stereocenters. The third kappa shape index (κ3) is 2.83. The molecule has 0 fully saturated rings. The van der Waals surface area contributed by atoms with Crippen molar-refractivity contribution in [3.8, 4) is 0 Å². The lowest BCUT2D eigenvalue weighted by Crippen LogP contribution is -2.23. The fourth-order valence-corrected chi connectivity index (χ4v) is 2.02. The smallest absolute Gasteiger partial charge is 0.274 e. The number of halogens is 2. The minimum absolute atomic E-state index is 0.0393. The van der Waals surface area contributed by atoms with Gasteiger partial charge in [0, 0.05) is 12.1 Å². The molecule has 0 N–H and O–H groups in total. The van der Waals surface area contributed by atoms with Gasteiger partial charge in [-0.1, -0.05) is 11.6 Å². The van der Waals surface area contributed by atoms with Gasteiger partial charge in [0.15, 0.2) is 0 Å². The predicted molar refractivity (Wildman–Crippen MR) is 70.4 cm³/mol. The molecule has 0 saturated carbocycles. The lowest BCUT2D eigenvalue weighted by atomic mass is 10.1. The topological polar surface area (TPSA) is 78.0 Å². The van der Waals surface area contributed by atoms with E-state index in [1.54, 1.807) is 6.92 Å². The van der Waals surface area contributed by atoms with E-state index in [-0.39, 0.29) is 22.9 Å². The van der Waals surface area contributed by atoms with E-state index >= 15 is 0 Å². The predicted octanol–water partition coefficient (Wildman–Crippen LogP) is 2.30. The van der Waals surface area contributed by atoms with E-state index in [1.807, 2.05) is 0 Å². The molecular formula is C12H9ClFN3O3.